The highest BCUT2D eigenvalue weighted by atomic mass is 15.2. The van der Waals surface area contributed by atoms with Crippen molar-refractivity contribution in [3.8, 4) is 11.1 Å². The summed E-state index contributed by atoms with van der Waals surface area (Å²) in [5.74, 6) is 0. The highest BCUT2D eigenvalue weighted by Gasteiger charge is 2.45. The van der Waals surface area contributed by atoms with E-state index in [1.54, 1.807) is 0 Å². The van der Waals surface area contributed by atoms with Crippen LogP contribution in [0.5, 0.6) is 0 Å². The van der Waals surface area contributed by atoms with Crippen molar-refractivity contribution in [2.24, 2.45) is 0 Å². The standard InChI is InChI=1S/C80H65B2N5/c1-79(2,3)55-43-50-71-68(51-55)82-66-34-20-22-36-70(66)85(58-29-15-9-16-30-58)73-38-24-40-75(78(73)82)87(71)61-46-48-64(80(4,5)6)63(52-61)54-41-44-60(45-42-54)83(56-25-11-7-12-26-56)62-47-49-67-76(53-62)86(59-31-17-10-18-32-59)74-39-23-37-72-77(74)81(67)65-33-19-21-35-69(65)84(72)57-27-13-8-14-28-57/h7-53H,1-6H3. The summed E-state index contributed by atoms with van der Waals surface area (Å²) in [6, 6.07) is 106. The molecule has 0 spiro atoms. The van der Waals surface area contributed by atoms with Crippen molar-refractivity contribution in [3.63, 3.8) is 0 Å². The molecule has 16 rings (SSSR count). The summed E-state index contributed by atoms with van der Waals surface area (Å²) in [5.41, 5.74) is 30.1. The quantitative estimate of drug-likeness (QED) is 0.141. The average Bonchev–Trinajstić information content (AvgIpc) is 0.874. The molecule has 0 aromatic heterocycles. The molecule has 0 saturated carbocycles. The minimum absolute atomic E-state index is 0.0161. The van der Waals surface area contributed by atoms with Crippen LogP contribution in [0, 0.1) is 0 Å². The van der Waals surface area contributed by atoms with Gasteiger partial charge >= 0.3 is 0 Å². The zero-order chi connectivity index (χ0) is 58.7. The molecule has 4 aliphatic heterocycles. The van der Waals surface area contributed by atoms with E-state index < -0.39 is 0 Å². The first-order chi connectivity index (χ1) is 42.5. The minimum Gasteiger partial charge on any atom is -0.311 e. The fourth-order valence-electron chi connectivity index (χ4n) is 14.6. The van der Waals surface area contributed by atoms with E-state index >= 15 is 0 Å². The van der Waals surface area contributed by atoms with E-state index in [-0.39, 0.29) is 24.3 Å². The molecule has 0 atom stereocenters. The van der Waals surface area contributed by atoms with E-state index in [1.165, 1.54) is 94.8 Å². The van der Waals surface area contributed by atoms with Gasteiger partial charge < -0.3 is 24.5 Å². The van der Waals surface area contributed by atoms with Crippen LogP contribution in [0.3, 0.4) is 0 Å². The number of para-hydroxylation sites is 6. The zero-order valence-electron chi connectivity index (χ0n) is 50.0. The molecule has 0 aliphatic carbocycles. The van der Waals surface area contributed by atoms with Crippen LogP contribution in [0.25, 0.3) is 11.1 Å². The summed E-state index contributed by atoms with van der Waals surface area (Å²) in [7, 11) is 0. The Kier molecular flexibility index (Phi) is 12.2. The number of hydrogen-bond acceptors (Lipinski definition) is 5. The van der Waals surface area contributed by atoms with Crippen LogP contribution < -0.4 is 57.3 Å². The molecule has 0 unspecified atom stereocenters. The van der Waals surface area contributed by atoms with Crippen LogP contribution in [0.1, 0.15) is 52.7 Å². The molecule has 4 aliphatic rings. The van der Waals surface area contributed by atoms with Gasteiger partial charge in [0.1, 0.15) is 0 Å². The molecule has 7 heteroatoms. The van der Waals surface area contributed by atoms with E-state index in [4.69, 9.17) is 0 Å². The largest absolute Gasteiger partial charge is 0.311 e. The van der Waals surface area contributed by atoms with Crippen molar-refractivity contribution in [3.05, 3.63) is 296 Å². The van der Waals surface area contributed by atoms with E-state index in [2.05, 4.69) is 351 Å². The number of hydrogen-bond donors (Lipinski definition) is 0. The number of anilines is 15. The number of fused-ring (bicyclic) bond motifs is 8. The summed E-state index contributed by atoms with van der Waals surface area (Å²) in [6.07, 6.45) is 0. The Hall–Kier alpha value is -10.2. The van der Waals surface area contributed by atoms with E-state index in [0.717, 1.165) is 45.5 Å². The zero-order valence-corrected chi connectivity index (χ0v) is 50.0. The molecule has 5 nitrogen and oxygen atoms in total. The maximum absolute atomic E-state index is 2.55. The van der Waals surface area contributed by atoms with Crippen LogP contribution in [-0.2, 0) is 10.8 Å². The van der Waals surface area contributed by atoms with Crippen LogP contribution in [0.2, 0.25) is 0 Å². The second-order valence-corrected chi connectivity index (χ2v) is 25.7. The third-order valence-corrected chi connectivity index (χ3v) is 18.5. The van der Waals surface area contributed by atoms with Gasteiger partial charge in [0.2, 0.25) is 0 Å². The molecule has 0 radical (unpaired) electrons. The minimum atomic E-state index is -0.146. The first kappa shape index (κ1) is 52.3. The summed E-state index contributed by atoms with van der Waals surface area (Å²) < 4.78 is 0. The molecule has 87 heavy (non-hydrogen) atoms. The van der Waals surface area contributed by atoms with Crippen LogP contribution >= 0.6 is 0 Å². The smallest absolute Gasteiger partial charge is 0.252 e. The second kappa shape index (κ2) is 20.2. The Labute approximate surface area is 512 Å². The van der Waals surface area contributed by atoms with Gasteiger partial charge in [0, 0.05) is 85.3 Å². The van der Waals surface area contributed by atoms with E-state index in [1.807, 2.05) is 0 Å². The lowest BCUT2D eigenvalue weighted by Crippen LogP contribution is -2.61. The molecule has 0 saturated heterocycles. The maximum atomic E-state index is 2.55. The summed E-state index contributed by atoms with van der Waals surface area (Å²) in [6.45, 7) is 14.1. The Morgan fingerprint density at radius 2 is 0.690 bits per heavy atom. The predicted octanol–water partition coefficient (Wildman–Crippen LogP) is 17.6. The van der Waals surface area contributed by atoms with Gasteiger partial charge in [0.25, 0.3) is 13.4 Å². The lowest BCUT2D eigenvalue weighted by atomic mass is 9.33. The van der Waals surface area contributed by atoms with Gasteiger partial charge in [-0.05, 0) is 193 Å². The van der Waals surface area contributed by atoms with Crippen molar-refractivity contribution < 1.29 is 0 Å². The highest BCUT2D eigenvalue weighted by Crippen LogP contribution is 2.49. The normalized spacial score (nSPS) is 13.5. The second-order valence-electron chi connectivity index (χ2n) is 25.7. The van der Waals surface area contributed by atoms with Crippen molar-refractivity contribution in [2.75, 3.05) is 24.5 Å². The summed E-state index contributed by atoms with van der Waals surface area (Å²) in [4.78, 5) is 12.4. The first-order valence-corrected chi connectivity index (χ1v) is 30.7. The molecule has 12 aromatic carbocycles. The van der Waals surface area contributed by atoms with Crippen molar-refractivity contribution in [2.45, 2.75) is 52.4 Å². The summed E-state index contributed by atoms with van der Waals surface area (Å²) in [5, 5.41) is 0. The molecule has 416 valence electrons. The molecular weight excluding hydrogens is 1050 g/mol. The summed E-state index contributed by atoms with van der Waals surface area (Å²) >= 11 is 0. The van der Waals surface area contributed by atoms with Gasteiger partial charge in [-0.2, -0.15) is 0 Å². The van der Waals surface area contributed by atoms with Crippen LogP contribution in [0.4, 0.5) is 85.3 Å². The molecule has 0 bridgehead atoms. The molecule has 12 aromatic rings. The van der Waals surface area contributed by atoms with Crippen LogP contribution in [0.15, 0.2) is 285 Å². The van der Waals surface area contributed by atoms with Gasteiger partial charge in [-0.1, -0.05) is 199 Å². The number of rotatable bonds is 8. The van der Waals surface area contributed by atoms with Gasteiger partial charge in [0.15, 0.2) is 0 Å². The number of nitrogens with zero attached hydrogens (tertiary/aromatic N) is 5. The Morgan fingerprint density at radius 3 is 1.21 bits per heavy atom. The third-order valence-electron chi connectivity index (χ3n) is 18.5. The maximum Gasteiger partial charge on any atom is 0.252 e. The Morgan fingerprint density at radius 1 is 0.276 bits per heavy atom. The van der Waals surface area contributed by atoms with E-state index in [9.17, 15) is 0 Å². The SMILES string of the molecule is CC(C)(C)c1ccc2c(c1)B1c3ccccc3N(c3ccccc3)c3cccc(c31)N2c1ccc(C(C)(C)C)c(-c2ccc(N(c3ccccc3)c3ccc4c(c3)N(c3ccccc3)c3cccc5c3B4c3ccccc3N5c3ccccc3)cc2)c1. The van der Waals surface area contributed by atoms with Crippen LogP contribution in [-0.4, -0.2) is 13.4 Å². The molecule has 0 fully saturated rings. The van der Waals surface area contributed by atoms with Gasteiger partial charge in [-0.25, -0.2) is 0 Å². The lowest BCUT2D eigenvalue weighted by molar-refractivity contribution is 0.591. The number of benzene rings is 12. The van der Waals surface area contributed by atoms with Crippen molar-refractivity contribution in [1.82, 2.24) is 0 Å². The van der Waals surface area contributed by atoms with E-state index in [0.29, 0.717) is 0 Å². The third kappa shape index (κ3) is 8.46. The fraction of sp³-hybridized carbons (Fsp3) is 0.100. The van der Waals surface area contributed by atoms with Crippen molar-refractivity contribution in [1.29, 1.82) is 0 Å². The fourth-order valence-corrected chi connectivity index (χ4v) is 14.6. The Balaban J connectivity index is 0.837. The van der Waals surface area contributed by atoms with Crippen molar-refractivity contribution >= 4 is 132 Å². The lowest BCUT2D eigenvalue weighted by Gasteiger charge is -2.44. The first-order valence-electron chi connectivity index (χ1n) is 30.7. The van der Waals surface area contributed by atoms with Gasteiger partial charge in [-0.3, -0.25) is 0 Å². The average molecular weight is 1120 g/mol. The Bertz CT molecular complexity index is 4630. The predicted molar refractivity (Wildman–Crippen MR) is 372 cm³/mol. The van der Waals surface area contributed by atoms with Gasteiger partial charge in [0.05, 0.1) is 0 Å². The molecule has 0 N–H and O–H groups in total. The topological polar surface area (TPSA) is 16.2 Å². The molecular formula is C80H65B2N5. The molecule has 0 amide bonds. The molecule has 4 heterocycles. The highest BCUT2D eigenvalue weighted by molar-refractivity contribution is 7.01. The monoisotopic (exact) mass is 1120 g/mol. The van der Waals surface area contributed by atoms with Gasteiger partial charge in [-0.15, -0.1) is 0 Å².